The zero-order chi connectivity index (χ0) is 11.0. The molecule has 0 amide bonds. The number of nitrogens with zero attached hydrogens (tertiary/aromatic N) is 1. The van der Waals surface area contributed by atoms with Crippen LogP contribution >= 0.6 is 11.6 Å². The smallest absolute Gasteiger partial charge is 0.287 e. The molecule has 0 aromatic heterocycles. The number of hydrogen-bond acceptors (Lipinski definition) is 3. The lowest BCUT2D eigenvalue weighted by molar-refractivity contribution is -0.384. The largest absolute Gasteiger partial charge is 0.330 e. The Balaban J connectivity index is 2.23. The van der Waals surface area contributed by atoms with Crippen molar-refractivity contribution in [3.63, 3.8) is 0 Å². The Bertz CT molecular complexity index is 408. The first kappa shape index (κ1) is 10.4. The van der Waals surface area contributed by atoms with Crippen LogP contribution in [0.2, 0.25) is 5.02 Å². The van der Waals surface area contributed by atoms with Crippen molar-refractivity contribution < 1.29 is 4.92 Å². The second-order valence-electron chi connectivity index (χ2n) is 3.81. The minimum Gasteiger partial charge on any atom is -0.330 e. The number of nitro benzene ring substituents is 1. The van der Waals surface area contributed by atoms with E-state index in [9.17, 15) is 10.1 Å². The van der Waals surface area contributed by atoms with Crippen LogP contribution in [0.15, 0.2) is 18.2 Å². The molecule has 0 saturated heterocycles. The summed E-state index contributed by atoms with van der Waals surface area (Å²) in [7, 11) is 0. The van der Waals surface area contributed by atoms with Gasteiger partial charge in [0, 0.05) is 6.07 Å². The fourth-order valence-electron chi connectivity index (χ4n) is 1.82. The summed E-state index contributed by atoms with van der Waals surface area (Å²) in [6, 6.07) is 4.91. The molecule has 1 aromatic carbocycles. The molecule has 0 heterocycles. The summed E-state index contributed by atoms with van der Waals surface area (Å²) in [4.78, 5) is 10.1. The predicted molar refractivity (Wildman–Crippen MR) is 58.0 cm³/mol. The molecule has 2 N–H and O–H groups in total. The van der Waals surface area contributed by atoms with Crippen molar-refractivity contribution in [3.05, 3.63) is 38.9 Å². The molecular weight excluding hydrogens is 216 g/mol. The van der Waals surface area contributed by atoms with E-state index >= 15 is 0 Å². The highest BCUT2D eigenvalue weighted by atomic mass is 35.5. The van der Waals surface area contributed by atoms with Crippen molar-refractivity contribution in [2.24, 2.45) is 11.7 Å². The molecule has 0 bridgehead atoms. The van der Waals surface area contributed by atoms with E-state index in [0.717, 1.165) is 12.0 Å². The van der Waals surface area contributed by atoms with Crippen LogP contribution in [-0.4, -0.2) is 11.5 Å². The summed E-state index contributed by atoms with van der Waals surface area (Å²) in [6.45, 7) is 0.666. The van der Waals surface area contributed by atoms with E-state index in [1.165, 1.54) is 6.07 Å². The van der Waals surface area contributed by atoms with Gasteiger partial charge in [-0.3, -0.25) is 10.1 Å². The number of benzene rings is 1. The zero-order valence-corrected chi connectivity index (χ0v) is 8.78. The average Bonchev–Trinajstić information content (AvgIpc) is 2.95. The van der Waals surface area contributed by atoms with Gasteiger partial charge in [-0.25, -0.2) is 0 Å². The van der Waals surface area contributed by atoms with Crippen molar-refractivity contribution in [1.82, 2.24) is 0 Å². The summed E-state index contributed by atoms with van der Waals surface area (Å²) >= 11 is 5.81. The van der Waals surface area contributed by atoms with E-state index < -0.39 is 4.92 Å². The summed E-state index contributed by atoms with van der Waals surface area (Å²) in [6.07, 6.45) is 1.06. The molecule has 15 heavy (non-hydrogen) atoms. The van der Waals surface area contributed by atoms with E-state index in [1.807, 2.05) is 0 Å². The number of nitrogens with two attached hydrogens (primary N) is 1. The third-order valence-electron chi connectivity index (χ3n) is 2.82. The third-order valence-corrected chi connectivity index (χ3v) is 3.12. The van der Waals surface area contributed by atoms with Crippen molar-refractivity contribution >= 4 is 17.3 Å². The highest BCUT2D eigenvalue weighted by molar-refractivity contribution is 6.32. The molecule has 1 aliphatic carbocycles. The monoisotopic (exact) mass is 226 g/mol. The van der Waals surface area contributed by atoms with Crippen molar-refractivity contribution in [1.29, 1.82) is 0 Å². The first-order valence-electron chi connectivity index (χ1n) is 4.77. The second kappa shape index (κ2) is 3.79. The molecule has 0 spiro atoms. The van der Waals surface area contributed by atoms with Crippen molar-refractivity contribution in [2.45, 2.75) is 12.3 Å². The normalized spacial score (nSPS) is 23.9. The van der Waals surface area contributed by atoms with Crippen LogP contribution < -0.4 is 5.73 Å². The van der Waals surface area contributed by atoms with E-state index in [-0.39, 0.29) is 10.7 Å². The summed E-state index contributed by atoms with van der Waals surface area (Å²) in [5.41, 5.74) is 6.56. The van der Waals surface area contributed by atoms with Crippen LogP contribution in [0.25, 0.3) is 0 Å². The Morgan fingerprint density at radius 2 is 2.33 bits per heavy atom. The number of hydrogen-bond donors (Lipinski definition) is 1. The summed E-state index contributed by atoms with van der Waals surface area (Å²) < 4.78 is 0. The molecule has 1 aromatic rings. The molecule has 1 saturated carbocycles. The highest BCUT2D eigenvalue weighted by Gasteiger charge is 2.37. The highest BCUT2D eigenvalue weighted by Crippen LogP contribution is 2.47. The molecule has 2 rings (SSSR count). The first-order chi connectivity index (χ1) is 7.13. The van der Waals surface area contributed by atoms with Gasteiger partial charge in [0.1, 0.15) is 5.02 Å². The zero-order valence-electron chi connectivity index (χ0n) is 8.02. The number of nitro groups is 1. The molecule has 2 atom stereocenters. The predicted octanol–water partition coefficient (Wildman–Crippen LogP) is 2.31. The van der Waals surface area contributed by atoms with Gasteiger partial charge in [-0.1, -0.05) is 17.7 Å². The molecular formula is C10H11ClN2O2. The SMILES string of the molecule is NCC1CC1c1ccc([N+](=O)[O-])c(Cl)c1. The lowest BCUT2D eigenvalue weighted by Gasteiger charge is -2.00. The minimum atomic E-state index is -0.473. The molecule has 4 nitrogen and oxygen atoms in total. The lowest BCUT2D eigenvalue weighted by atomic mass is 10.1. The van der Waals surface area contributed by atoms with Crippen LogP contribution in [-0.2, 0) is 0 Å². The van der Waals surface area contributed by atoms with Gasteiger partial charge in [0.05, 0.1) is 4.92 Å². The Kier molecular flexibility index (Phi) is 2.63. The average molecular weight is 227 g/mol. The minimum absolute atomic E-state index is 0.0367. The van der Waals surface area contributed by atoms with Gasteiger partial charge in [0.25, 0.3) is 5.69 Å². The van der Waals surface area contributed by atoms with Gasteiger partial charge in [-0.15, -0.1) is 0 Å². The molecule has 0 aliphatic heterocycles. The van der Waals surface area contributed by atoms with Crippen LogP contribution in [0, 0.1) is 16.0 Å². The molecule has 1 aliphatic rings. The molecule has 5 heteroatoms. The number of rotatable bonds is 3. The van der Waals surface area contributed by atoms with Crippen molar-refractivity contribution in [2.75, 3.05) is 6.54 Å². The topological polar surface area (TPSA) is 69.2 Å². The summed E-state index contributed by atoms with van der Waals surface area (Å²) in [5.74, 6) is 0.954. The van der Waals surface area contributed by atoms with E-state index in [2.05, 4.69) is 0 Å². The van der Waals surface area contributed by atoms with Gasteiger partial charge in [0.2, 0.25) is 0 Å². The lowest BCUT2D eigenvalue weighted by Crippen LogP contribution is -2.02. The third kappa shape index (κ3) is 1.96. The molecule has 80 valence electrons. The maximum Gasteiger partial charge on any atom is 0.287 e. The Morgan fingerprint density at radius 1 is 1.60 bits per heavy atom. The van der Waals surface area contributed by atoms with E-state index in [4.69, 9.17) is 17.3 Å². The molecule has 2 unspecified atom stereocenters. The second-order valence-corrected chi connectivity index (χ2v) is 4.21. The maximum absolute atomic E-state index is 10.5. The quantitative estimate of drug-likeness (QED) is 0.635. The van der Waals surface area contributed by atoms with Crippen LogP contribution in [0.5, 0.6) is 0 Å². The van der Waals surface area contributed by atoms with Gasteiger partial charge >= 0.3 is 0 Å². The van der Waals surface area contributed by atoms with Crippen LogP contribution in [0.3, 0.4) is 0 Å². The fourth-order valence-corrected chi connectivity index (χ4v) is 2.08. The standard InChI is InChI=1S/C10H11ClN2O2/c11-9-4-6(8-3-7(8)5-12)1-2-10(9)13(14)15/h1-2,4,7-8H,3,5,12H2. The van der Waals surface area contributed by atoms with Gasteiger partial charge < -0.3 is 5.73 Å². The Morgan fingerprint density at radius 3 is 2.80 bits per heavy atom. The Labute approximate surface area is 92.2 Å². The van der Waals surface area contributed by atoms with Gasteiger partial charge in [-0.2, -0.15) is 0 Å². The summed E-state index contributed by atoms with van der Waals surface area (Å²) in [5, 5.41) is 10.7. The van der Waals surface area contributed by atoms with Crippen molar-refractivity contribution in [3.8, 4) is 0 Å². The van der Waals surface area contributed by atoms with Crippen LogP contribution in [0.4, 0.5) is 5.69 Å². The van der Waals surface area contributed by atoms with Gasteiger partial charge in [-0.05, 0) is 36.4 Å². The first-order valence-corrected chi connectivity index (χ1v) is 5.15. The number of halogens is 1. The van der Waals surface area contributed by atoms with E-state index in [0.29, 0.717) is 18.4 Å². The van der Waals surface area contributed by atoms with Crippen LogP contribution in [0.1, 0.15) is 17.9 Å². The Hall–Kier alpha value is -1.13. The van der Waals surface area contributed by atoms with E-state index in [1.54, 1.807) is 12.1 Å². The van der Waals surface area contributed by atoms with Gasteiger partial charge in [0.15, 0.2) is 0 Å². The molecule has 0 radical (unpaired) electrons. The maximum atomic E-state index is 10.5. The molecule has 1 fully saturated rings. The fraction of sp³-hybridized carbons (Fsp3) is 0.400.